The summed E-state index contributed by atoms with van der Waals surface area (Å²) in [6, 6.07) is -6.31. The fourth-order valence-electron chi connectivity index (χ4n) is 16.8. The fourth-order valence-corrected chi connectivity index (χ4v) is 16.8. The quantitative estimate of drug-likeness (QED) is 0.0258. The number of aliphatic hydroxyl groups is 18. The van der Waals surface area contributed by atoms with Crippen molar-refractivity contribution in [1.29, 1.82) is 0 Å². The molecular formula is C87H154N4O36. The van der Waals surface area contributed by atoms with E-state index in [0.717, 1.165) is 85.0 Å². The molecule has 0 spiro atoms. The highest BCUT2D eigenvalue weighted by atomic mass is 16.8. The lowest BCUT2D eigenvalue weighted by molar-refractivity contribution is -0.385. The maximum Gasteiger partial charge on any atom is 0.364 e. The average molecular weight is 1830 g/mol. The Hall–Kier alpha value is -4.37. The highest BCUT2D eigenvalue weighted by Gasteiger charge is 2.60. The van der Waals surface area contributed by atoms with Crippen LogP contribution >= 0.6 is 0 Å². The first-order chi connectivity index (χ1) is 60.8. The van der Waals surface area contributed by atoms with Gasteiger partial charge in [-0.05, 0) is 44.9 Å². The third-order valence-corrected chi connectivity index (χ3v) is 24.2. The van der Waals surface area contributed by atoms with Gasteiger partial charge in [0.1, 0.15) is 140 Å². The summed E-state index contributed by atoms with van der Waals surface area (Å²) in [5, 5.41) is 223. The van der Waals surface area contributed by atoms with Crippen LogP contribution in [0.5, 0.6) is 0 Å². The summed E-state index contributed by atoms with van der Waals surface area (Å²) in [7, 11) is 0. The molecule has 6 heterocycles. The molecule has 127 heavy (non-hydrogen) atoms. The van der Waals surface area contributed by atoms with Crippen molar-refractivity contribution in [3.8, 4) is 0 Å². The summed E-state index contributed by atoms with van der Waals surface area (Å²) in [5.74, 6) is -7.91. The average Bonchev–Trinajstić information content (AvgIpc) is 0.769. The normalized spacial score (nSPS) is 34.7. The largest absolute Gasteiger partial charge is 0.477 e. The molecule has 40 heteroatoms. The Morgan fingerprint density at radius 2 is 0.835 bits per heavy atom. The van der Waals surface area contributed by atoms with Crippen molar-refractivity contribution in [2.75, 3.05) is 46.2 Å². The van der Waals surface area contributed by atoms with Gasteiger partial charge in [-0.3, -0.25) is 19.2 Å². The van der Waals surface area contributed by atoms with Crippen LogP contribution in [-0.2, 0) is 80.8 Å². The number of aliphatic hydroxyl groups excluding tert-OH is 18. The van der Waals surface area contributed by atoms with E-state index in [1.807, 2.05) is 6.08 Å². The third-order valence-electron chi connectivity index (χ3n) is 24.2. The van der Waals surface area contributed by atoms with Crippen molar-refractivity contribution < 1.29 is 178 Å². The maximum absolute atomic E-state index is 13.7. The second-order valence-electron chi connectivity index (χ2n) is 34.7. The van der Waals surface area contributed by atoms with Crippen molar-refractivity contribution in [1.82, 2.24) is 21.3 Å². The van der Waals surface area contributed by atoms with Gasteiger partial charge in [-0.1, -0.05) is 192 Å². The molecule has 738 valence electrons. The van der Waals surface area contributed by atoms with Gasteiger partial charge in [-0.25, -0.2) is 4.79 Å². The molecule has 0 aromatic rings. The number of unbranched alkanes of at least 4 members (excludes halogenated alkanes) is 28. The Balaban J connectivity index is 1.16. The predicted molar refractivity (Wildman–Crippen MR) is 450 cm³/mol. The first kappa shape index (κ1) is 111. The zero-order valence-electron chi connectivity index (χ0n) is 74.5. The van der Waals surface area contributed by atoms with Gasteiger partial charge in [0, 0.05) is 33.6 Å². The van der Waals surface area contributed by atoms with Gasteiger partial charge in [-0.15, -0.1) is 0 Å². The van der Waals surface area contributed by atoms with E-state index >= 15 is 0 Å². The molecule has 33 atom stereocenters. The number of ether oxygens (including phenoxy) is 12. The second kappa shape index (κ2) is 59.4. The standard InChI is InChI=1S/C87H154N4O36/c1-6-8-10-12-14-16-18-20-21-22-23-24-25-26-27-29-31-33-35-37-39-41-62(102)91-53(54(99)40-38-36-34-32-30-28-19-17-15-13-11-9-7-2)47-116-83-75(112)73(110)78(59(46-95)121-83)125-85-76(113)80(69(106)60(122-85)48-117-81-64(89-51(4)97)70(107)67(104)57(44-93)119-81)126-82-65(90-52(5)98)71(108)77(58(45-94)120-82)124-84-74(111)72(109)68(105)61(123-84)49-118-87(86(114)115)42-55(100)63(88-50(3)96)79(127-87)66(103)56(101)43-92/h20-21,38,40,53-61,63-85,92-95,99-101,103-113H,6-19,22-37,39,41-49H2,1-5H3,(H,88,96)(H,89,97)(H,90,98)(H,91,102)(H,114,115)/b21-20-,40-38+/t53-,54+,55?,56+,57?,58?,59?,60?,61?,63+,64?,65?,66+,67+,68-,69-,70+,71+,72-,73+,74?,75?,76?,77+,78+,79?,80-,81+,82-,83+,84-,85-,87+/m0/s1. The Labute approximate surface area is 744 Å². The van der Waals surface area contributed by atoms with Gasteiger partial charge in [0.05, 0.1) is 70.5 Å². The van der Waals surface area contributed by atoms with Crippen molar-refractivity contribution >= 4 is 29.6 Å². The predicted octanol–water partition coefficient (Wildman–Crippen LogP) is -0.958. The van der Waals surface area contributed by atoms with E-state index in [9.17, 15) is 121 Å². The number of allylic oxidation sites excluding steroid dienone is 3. The fraction of sp³-hybridized carbons (Fsp3) is 0.897. The van der Waals surface area contributed by atoms with E-state index in [-0.39, 0.29) is 12.3 Å². The second-order valence-corrected chi connectivity index (χ2v) is 34.7. The van der Waals surface area contributed by atoms with E-state index in [2.05, 4.69) is 47.3 Å². The highest BCUT2D eigenvalue weighted by molar-refractivity contribution is 5.77. The van der Waals surface area contributed by atoms with Gasteiger partial charge in [0.15, 0.2) is 31.5 Å². The molecule has 40 nitrogen and oxygen atoms in total. The molecule has 0 saturated carbocycles. The summed E-state index contributed by atoms with van der Waals surface area (Å²) >= 11 is 0. The lowest BCUT2D eigenvalue weighted by atomic mass is 9.88. The van der Waals surface area contributed by atoms with Crippen molar-refractivity contribution in [3.05, 3.63) is 24.3 Å². The first-order valence-electron chi connectivity index (χ1n) is 46.2. The Bertz CT molecular complexity index is 3120. The van der Waals surface area contributed by atoms with Crippen LogP contribution in [0.3, 0.4) is 0 Å². The molecule has 4 amide bonds. The third kappa shape index (κ3) is 35.4. The number of amides is 4. The number of hydrogen-bond acceptors (Lipinski definition) is 35. The molecule has 0 bridgehead atoms. The SMILES string of the molecule is CCCCCCCC/C=C\CCCCCCCCCCCCCC(=O)N[C@@H](CO[C@@H]1OC(CO)[C@@H](O[C@@H]2OC(CO[C@@H]3OC(CO)[C@@H](O)[C@H](O)C3NC(C)=O)[C@H](O)[C@H](O[C@@H]3OC(CO)[C@@H](O[C@@H]4OC(CO[C@]5(C(=O)O)CC(O)[C@@H](NC(C)=O)C([C@H](O)[C@H](O)CO)O5)[C@H](O)[C@H](O)C4O)[C@H](O)C3NC(C)=O)C2O)[C@H](O)C1O)[C@H](O)/C=C/CCCCCCCCCCCCC. The minimum absolute atomic E-state index is 0.130. The van der Waals surface area contributed by atoms with Gasteiger partial charge in [-0.2, -0.15) is 0 Å². The molecule has 0 aromatic heterocycles. The summed E-state index contributed by atoms with van der Waals surface area (Å²) in [4.78, 5) is 64.5. The van der Waals surface area contributed by atoms with E-state index in [1.165, 1.54) is 122 Å². The molecule has 6 fully saturated rings. The minimum Gasteiger partial charge on any atom is -0.477 e. The minimum atomic E-state index is -3.03. The summed E-state index contributed by atoms with van der Waals surface area (Å²) < 4.78 is 71.6. The summed E-state index contributed by atoms with van der Waals surface area (Å²) in [6.07, 6.45) is -14.3. The summed E-state index contributed by atoms with van der Waals surface area (Å²) in [6.45, 7) is 0.639. The maximum atomic E-state index is 13.7. The van der Waals surface area contributed by atoms with E-state index < -0.39 is 278 Å². The zero-order chi connectivity index (χ0) is 93.3. The van der Waals surface area contributed by atoms with E-state index in [4.69, 9.17) is 56.8 Å². The van der Waals surface area contributed by atoms with Crippen molar-refractivity contribution in [2.45, 2.75) is 448 Å². The van der Waals surface area contributed by atoms with Gasteiger partial charge in [0.25, 0.3) is 5.79 Å². The molecule has 6 aliphatic rings. The number of carbonyl (C=O) groups is 5. The molecule has 6 aliphatic heterocycles. The first-order valence-corrected chi connectivity index (χ1v) is 46.2. The number of carboxylic acids is 1. The molecule has 0 aromatic carbocycles. The number of hydrogen-bond donors (Lipinski definition) is 23. The molecule has 0 radical (unpaired) electrons. The van der Waals surface area contributed by atoms with E-state index in [0.29, 0.717) is 12.8 Å². The van der Waals surface area contributed by atoms with Crippen LogP contribution in [0.4, 0.5) is 0 Å². The van der Waals surface area contributed by atoms with Crippen LogP contribution in [0.15, 0.2) is 24.3 Å². The number of carboxylic acid groups (broad SMARTS) is 1. The van der Waals surface area contributed by atoms with Gasteiger partial charge >= 0.3 is 5.97 Å². The Kier molecular flexibility index (Phi) is 52.1. The molecule has 6 rings (SSSR count). The van der Waals surface area contributed by atoms with E-state index in [1.54, 1.807) is 6.08 Å². The van der Waals surface area contributed by atoms with Crippen LogP contribution < -0.4 is 21.3 Å². The zero-order valence-corrected chi connectivity index (χ0v) is 74.5. The number of carbonyl (C=O) groups excluding carboxylic acids is 4. The molecular weight excluding hydrogens is 1680 g/mol. The van der Waals surface area contributed by atoms with Crippen LogP contribution in [0.25, 0.3) is 0 Å². The molecule has 12 unspecified atom stereocenters. The van der Waals surface area contributed by atoms with Crippen LogP contribution in [0.1, 0.15) is 247 Å². The van der Waals surface area contributed by atoms with Crippen LogP contribution in [-0.4, -0.2) is 375 Å². The molecule has 0 aliphatic carbocycles. The number of nitrogens with one attached hydrogen (secondary N) is 4. The van der Waals surface area contributed by atoms with Gasteiger partial charge in [0.2, 0.25) is 23.6 Å². The molecule has 23 N–H and O–H groups in total. The van der Waals surface area contributed by atoms with Crippen molar-refractivity contribution in [2.24, 2.45) is 0 Å². The highest BCUT2D eigenvalue weighted by Crippen LogP contribution is 2.39. The van der Waals surface area contributed by atoms with Crippen LogP contribution in [0.2, 0.25) is 0 Å². The van der Waals surface area contributed by atoms with Crippen molar-refractivity contribution in [3.63, 3.8) is 0 Å². The topological polar surface area (TPSA) is 629 Å². The molecule has 6 saturated heterocycles. The van der Waals surface area contributed by atoms with Crippen LogP contribution in [0, 0.1) is 0 Å². The monoisotopic (exact) mass is 1830 g/mol. The smallest absolute Gasteiger partial charge is 0.364 e. The summed E-state index contributed by atoms with van der Waals surface area (Å²) in [5.41, 5.74) is 0. The lowest BCUT2D eigenvalue weighted by Crippen LogP contribution is -2.70. The number of rotatable bonds is 61. The Morgan fingerprint density at radius 1 is 0.417 bits per heavy atom. The number of aliphatic carboxylic acids is 1. The lowest BCUT2D eigenvalue weighted by Gasteiger charge is -2.50. The Morgan fingerprint density at radius 3 is 1.33 bits per heavy atom. The van der Waals surface area contributed by atoms with Gasteiger partial charge < -0.3 is 175 Å².